The number of rotatable bonds is 3. The van der Waals surface area contributed by atoms with Gasteiger partial charge in [-0.3, -0.25) is 14.9 Å². The van der Waals surface area contributed by atoms with Crippen molar-refractivity contribution in [3.05, 3.63) is 36.1 Å². The first kappa shape index (κ1) is 17.2. The molecular formula is C17H26N2O2. The van der Waals surface area contributed by atoms with Gasteiger partial charge in [0.25, 0.3) is 0 Å². The Morgan fingerprint density at radius 1 is 1.33 bits per heavy atom. The van der Waals surface area contributed by atoms with Crippen LogP contribution in [0, 0.1) is 5.92 Å². The second-order valence-corrected chi connectivity index (χ2v) is 5.07. The Morgan fingerprint density at radius 3 is 2.52 bits per heavy atom. The molecule has 0 spiro atoms. The van der Waals surface area contributed by atoms with E-state index in [4.69, 9.17) is 0 Å². The fourth-order valence-corrected chi connectivity index (χ4v) is 2.84. The predicted octanol–water partition coefficient (Wildman–Crippen LogP) is 2.79. The molecule has 0 radical (unpaired) electrons. The van der Waals surface area contributed by atoms with Crippen LogP contribution in [0.2, 0.25) is 0 Å². The molecule has 116 valence electrons. The quantitative estimate of drug-likeness (QED) is 0.813. The highest BCUT2D eigenvalue weighted by Crippen LogP contribution is 2.33. The lowest BCUT2D eigenvalue weighted by Crippen LogP contribution is -2.51. The van der Waals surface area contributed by atoms with Gasteiger partial charge in [0.2, 0.25) is 11.8 Å². The summed E-state index contributed by atoms with van der Waals surface area (Å²) < 4.78 is 0. The van der Waals surface area contributed by atoms with E-state index in [1.165, 1.54) is 5.57 Å². The lowest BCUT2D eigenvalue weighted by Gasteiger charge is -2.32. The van der Waals surface area contributed by atoms with Gasteiger partial charge in [-0.05, 0) is 25.0 Å². The van der Waals surface area contributed by atoms with Crippen molar-refractivity contribution >= 4 is 11.8 Å². The van der Waals surface area contributed by atoms with E-state index in [-0.39, 0.29) is 17.9 Å². The fourth-order valence-electron chi connectivity index (χ4n) is 2.84. The van der Waals surface area contributed by atoms with E-state index in [2.05, 4.69) is 23.7 Å². The third-order valence-corrected chi connectivity index (χ3v) is 3.74. The molecule has 2 unspecified atom stereocenters. The SMILES string of the molecule is C=CC1=C(/C=C\C)N(C2CCC(=O)NC2=O)CC1C.CC. The van der Waals surface area contributed by atoms with Crippen molar-refractivity contribution in [3.8, 4) is 0 Å². The standard InChI is InChI=1S/C15H20N2O2.C2H6/c1-4-6-12-11(5-2)10(3)9-17(12)13-7-8-14(18)16-15(13)19;1-2/h4-6,10,13H,2,7-9H2,1,3H3,(H,16,18,19);1-2H3/b6-4-;. The van der Waals surface area contributed by atoms with Gasteiger partial charge in [-0.2, -0.15) is 0 Å². The Morgan fingerprint density at radius 2 is 2.00 bits per heavy atom. The van der Waals surface area contributed by atoms with Crippen molar-refractivity contribution in [2.75, 3.05) is 6.54 Å². The molecule has 2 aliphatic heterocycles. The molecule has 0 aromatic carbocycles. The summed E-state index contributed by atoms with van der Waals surface area (Å²) >= 11 is 0. The van der Waals surface area contributed by atoms with Crippen LogP contribution in [0.5, 0.6) is 0 Å². The second-order valence-electron chi connectivity index (χ2n) is 5.07. The van der Waals surface area contributed by atoms with Crippen molar-refractivity contribution in [2.45, 2.75) is 46.6 Å². The maximum absolute atomic E-state index is 12.0. The van der Waals surface area contributed by atoms with Gasteiger partial charge in [-0.1, -0.05) is 39.5 Å². The number of imide groups is 1. The molecule has 1 saturated heterocycles. The average molecular weight is 290 g/mol. The van der Waals surface area contributed by atoms with E-state index >= 15 is 0 Å². The van der Waals surface area contributed by atoms with Gasteiger partial charge in [-0.25, -0.2) is 0 Å². The molecule has 0 saturated carbocycles. The molecule has 0 aromatic heterocycles. The van der Waals surface area contributed by atoms with Crippen LogP contribution in [-0.2, 0) is 9.59 Å². The largest absolute Gasteiger partial charge is 0.359 e. The normalized spacial score (nSPS) is 25.8. The van der Waals surface area contributed by atoms with Crippen LogP contribution in [0.1, 0.15) is 40.5 Å². The Labute approximate surface area is 127 Å². The lowest BCUT2D eigenvalue weighted by atomic mass is 10.0. The highest BCUT2D eigenvalue weighted by atomic mass is 16.2. The van der Waals surface area contributed by atoms with Crippen molar-refractivity contribution in [1.29, 1.82) is 0 Å². The average Bonchev–Trinajstić information content (AvgIpc) is 2.77. The first-order valence-corrected chi connectivity index (χ1v) is 7.68. The number of allylic oxidation sites excluding steroid dienone is 3. The molecule has 4 heteroatoms. The Kier molecular flexibility index (Phi) is 6.40. The summed E-state index contributed by atoms with van der Waals surface area (Å²) in [6, 6.07) is -0.246. The maximum atomic E-state index is 12.0. The third kappa shape index (κ3) is 3.63. The van der Waals surface area contributed by atoms with E-state index < -0.39 is 0 Å². The highest BCUT2D eigenvalue weighted by Gasteiger charge is 2.37. The van der Waals surface area contributed by atoms with Crippen molar-refractivity contribution in [1.82, 2.24) is 10.2 Å². The summed E-state index contributed by atoms with van der Waals surface area (Å²) in [5, 5.41) is 2.42. The zero-order chi connectivity index (χ0) is 16.0. The number of hydrogen-bond acceptors (Lipinski definition) is 3. The van der Waals surface area contributed by atoms with Gasteiger partial charge in [0.15, 0.2) is 0 Å². The molecule has 1 fully saturated rings. The molecule has 2 rings (SSSR count). The molecule has 0 bridgehead atoms. The summed E-state index contributed by atoms with van der Waals surface area (Å²) in [7, 11) is 0. The summed E-state index contributed by atoms with van der Waals surface area (Å²) in [4.78, 5) is 25.3. The Hall–Kier alpha value is -1.84. The van der Waals surface area contributed by atoms with Gasteiger partial charge in [0.05, 0.1) is 0 Å². The van der Waals surface area contributed by atoms with E-state index in [0.29, 0.717) is 18.8 Å². The number of nitrogens with one attached hydrogen (secondary N) is 1. The Balaban J connectivity index is 0.00000106. The molecule has 2 aliphatic rings. The number of piperidine rings is 1. The molecule has 2 atom stereocenters. The van der Waals surface area contributed by atoms with Crippen molar-refractivity contribution < 1.29 is 9.59 Å². The first-order valence-electron chi connectivity index (χ1n) is 7.68. The first-order chi connectivity index (χ1) is 10.1. The molecule has 1 N–H and O–H groups in total. The van der Waals surface area contributed by atoms with Gasteiger partial charge in [0, 0.05) is 24.6 Å². The Bertz CT molecular complexity index is 477. The molecule has 2 amide bonds. The van der Waals surface area contributed by atoms with E-state index in [0.717, 1.165) is 12.2 Å². The van der Waals surface area contributed by atoms with E-state index in [1.54, 1.807) is 0 Å². The minimum atomic E-state index is -0.246. The molecule has 0 aromatic rings. The zero-order valence-corrected chi connectivity index (χ0v) is 13.5. The fraction of sp³-hybridized carbons (Fsp3) is 0.529. The van der Waals surface area contributed by atoms with E-state index in [1.807, 2.05) is 39.0 Å². The predicted molar refractivity (Wildman–Crippen MR) is 85.4 cm³/mol. The molecule has 21 heavy (non-hydrogen) atoms. The number of nitrogens with zero attached hydrogens (tertiary/aromatic N) is 1. The minimum absolute atomic E-state index is 0.172. The number of amides is 2. The third-order valence-electron chi connectivity index (χ3n) is 3.74. The van der Waals surface area contributed by atoms with Crippen LogP contribution < -0.4 is 5.32 Å². The summed E-state index contributed by atoms with van der Waals surface area (Å²) in [6.07, 6.45) is 6.85. The number of hydrogen-bond donors (Lipinski definition) is 1. The smallest absolute Gasteiger partial charge is 0.249 e. The second kappa shape index (κ2) is 7.81. The van der Waals surface area contributed by atoms with Crippen LogP contribution in [-0.4, -0.2) is 29.3 Å². The van der Waals surface area contributed by atoms with Gasteiger partial charge < -0.3 is 4.90 Å². The van der Waals surface area contributed by atoms with E-state index in [9.17, 15) is 9.59 Å². The molecule has 2 heterocycles. The topological polar surface area (TPSA) is 49.4 Å². The van der Waals surface area contributed by atoms with Gasteiger partial charge >= 0.3 is 0 Å². The molecular weight excluding hydrogens is 264 g/mol. The molecule has 4 nitrogen and oxygen atoms in total. The van der Waals surface area contributed by atoms with Crippen LogP contribution in [0.25, 0.3) is 0 Å². The lowest BCUT2D eigenvalue weighted by molar-refractivity contribution is -0.136. The summed E-state index contributed by atoms with van der Waals surface area (Å²) in [6.45, 7) is 12.8. The number of carbonyl (C=O) groups is 2. The van der Waals surface area contributed by atoms with Crippen LogP contribution in [0.4, 0.5) is 0 Å². The highest BCUT2D eigenvalue weighted by molar-refractivity contribution is 6.00. The van der Waals surface area contributed by atoms with Crippen molar-refractivity contribution in [2.24, 2.45) is 5.92 Å². The van der Waals surface area contributed by atoms with Crippen molar-refractivity contribution in [3.63, 3.8) is 0 Å². The van der Waals surface area contributed by atoms with Gasteiger partial charge in [-0.15, -0.1) is 0 Å². The van der Waals surface area contributed by atoms with Crippen LogP contribution in [0.15, 0.2) is 36.1 Å². The van der Waals surface area contributed by atoms with Gasteiger partial charge in [0.1, 0.15) is 6.04 Å². The monoisotopic (exact) mass is 290 g/mol. The summed E-state index contributed by atoms with van der Waals surface area (Å²) in [5.41, 5.74) is 2.22. The molecule has 0 aliphatic carbocycles. The maximum Gasteiger partial charge on any atom is 0.249 e. The van der Waals surface area contributed by atoms with Crippen LogP contribution in [0.3, 0.4) is 0 Å². The zero-order valence-electron chi connectivity index (χ0n) is 13.5. The minimum Gasteiger partial charge on any atom is -0.359 e. The summed E-state index contributed by atoms with van der Waals surface area (Å²) in [5.74, 6) is -0.00102. The van der Waals surface area contributed by atoms with Crippen LogP contribution >= 0.6 is 0 Å². The number of carbonyl (C=O) groups excluding carboxylic acids is 2.